The fourth-order valence-corrected chi connectivity index (χ4v) is 4.46. The van der Waals surface area contributed by atoms with E-state index in [1.54, 1.807) is 40.9 Å². The number of amides is 1. The molecule has 1 atom stereocenters. The summed E-state index contributed by atoms with van der Waals surface area (Å²) in [6.07, 6.45) is 11.3. The normalized spacial score (nSPS) is 15.2. The Hall–Kier alpha value is -5.33. The number of hydrogen-bond acceptors (Lipinski definition) is 10. The molecule has 6 heterocycles. The lowest BCUT2D eigenvalue weighted by Crippen LogP contribution is -2.40. The first kappa shape index (κ1) is 25.0. The van der Waals surface area contributed by atoms with Gasteiger partial charge in [-0.2, -0.15) is 5.10 Å². The predicted molar refractivity (Wildman–Crippen MR) is 144 cm³/mol. The number of hydrogen-bond donors (Lipinski definition) is 1. The van der Waals surface area contributed by atoms with Crippen molar-refractivity contribution in [2.75, 3.05) is 11.9 Å². The van der Waals surface area contributed by atoms with E-state index in [0.29, 0.717) is 41.2 Å². The summed E-state index contributed by atoms with van der Waals surface area (Å²) in [6.45, 7) is 7.55. The molecule has 1 N–H and O–H groups in total. The Bertz CT molecular complexity index is 1820. The lowest BCUT2D eigenvalue weighted by molar-refractivity contribution is -0.127. The molecule has 5 aromatic rings. The van der Waals surface area contributed by atoms with Gasteiger partial charge in [-0.25, -0.2) is 38.8 Å². The van der Waals surface area contributed by atoms with Gasteiger partial charge in [0.1, 0.15) is 29.4 Å². The predicted octanol–water partition coefficient (Wildman–Crippen LogP) is 4.03. The molecule has 1 aliphatic rings. The number of halogens is 1. The third-order valence-corrected chi connectivity index (χ3v) is 6.64. The van der Waals surface area contributed by atoms with Gasteiger partial charge in [0.25, 0.3) is 0 Å². The summed E-state index contributed by atoms with van der Waals surface area (Å²) in [5, 5.41) is 7.00. The number of anilines is 2. The van der Waals surface area contributed by atoms with Gasteiger partial charge in [0, 0.05) is 30.4 Å². The highest BCUT2D eigenvalue weighted by molar-refractivity contribution is 5.89. The molecular weight excluding hydrogens is 515 g/mol. The van der Waals surface area contributed by atoms with E-state index in [4.69, 9.17) is 4.74 Å². The van der Waals surface area contributed by atoms with E-state index in [2.05, 4.69) is 46.9 Å². The van der Waals surface area contributed by atoms with Crippen LogP contribution in [0, 0.1) is 12.7 Å². The van der Waals surface area contributed by atoms with Crippen LogP contribution in [0.4, 0.5) is 16.0 Å². The highest BCUT2D eigenvalue weighted by Gasteiger charge is 2.24. The zero-order chi connectivity index (χ0) is 27.8. The molecule has 13 heteroatoms. The van der Waals surface area contributed by atoms with Crippen LogP contribution >= 0.6 is 0 Å². The second-order valence-corrected chi connectivity index (χ2v) is 9.19. The van der Waals surface area contributed by atoms with Crippen molar-refractivity contribution < 1.29 is 13.9 Å². The minimum atomic E-state index is -0.599. The van der Waals surface area contributed by atoms with Gasteiger partial charge in [-0.3, -0.25) is 4.79 Å². The Morgan fingerprint density at radius 1 is 1.18 bits per heavy atom. The molecular formula is C27H23FN10O2. The van der Waals surface area contributed by atoms with Crippen molar-refractivity contribution in [3.05, 3.63) is 79.3 Å². The number of nitrogens with one attached hydrogen (secondary N) is 1. The SMILES string of the molecule is C=CC(=O)N1CC=C(c2ncc3ncnc(Nc4ncc(Oc5ccn6ncnc6c5)c(C)c4F)c3n2)C[C@H]1C. The van der Waals surface area contributed by atoms with Crippen LogP contribution in [0.2, 0.25) is 0 Å². The highest BCUT2D eigenvalue weighted by atomic mass is 19.1. The molecule has 0 bridgehead atoms. The summed E-state index contributed by atoms with van der Waals surface area (Å²) in [7, 11) is 0. The Balaban J connectivity index is 1.27. The first-order valence-electron chi connectivity index (χ1n) is 12.4. The lowest BCUT2D eigenvalue weighted by Gasteiger charge is -2.31. The van der Waals surface area contributed by atoms with Gasteiger partial charge in [0.05, 0.1) is 12.4 Å². The third kappa shape index (κ3) is 4.57. The zero-order valence-electron chi connectivity index (χ0n) is 21.6. The molecule has 40 heavy (non-hydrogen) atoms. The molecule has 0 radical (unpaired) electrons. The molecule has 1 amide bonds. The minimum absolute atomic E-state index is 0.0398. The van der Waals surface area contributed by atoms with Gasteiger partial charge in [0.2, 0.25) is 5.91 Å². The molecule has 12 nitrogen and oxygen atoms in total. The average Bonchev–Trinajstić information content (AvgIpc) is 3.44. The van der Waals surface area contributed by atoms with Gasteiger partial charge in [-0.15, -0.1) is 0 Å². The van der Waals surface area contributed by atoms with Crippen LogP contribution in [0.5, 0.6) is 11.5 Å². The monoisotopic (exact) mass is 538 g/mol. The number of pyridine rings is 2. The van der Waals surface area contributed by atoms with Crippen LogP contribution in [0.3, 0.4) is 0 Å². The molecule has 6 rings (SSSR count). The van der Waals surface area contributed by atoms with E-state index in [0.717, 1.165) is 5.57 Å². The quantitative estimate of drug-likeness (QED) is 0.316. The van der Waals surface area contributed by atoms with Crippen LogP contribution in [0.25, 0.3) is 22.3 Å². The second kappa shape index (κ2) is 10.1. The number of carbonyl (C=O) groups excluding carboxylic acids is 1. The molecule has 0 unspecified atom stereocenters. The van der Waals surface area contributed by atoms with Crippen molar-refractivity contribution in [2.45, 2.75) is 26.3 Å². The van der Waals surface area contributed by atoms with E-state index in [1.165, 1.54) is 24.9 Å². The summed E-state index contributed by atoms with van der Waals surface area (Å²) in [6, 6.07) is 3.35. The fraction of sp³-hybridized carbons (Fsp3) is 0.185. The number of rotatable bonds is 6. The van der Waals surface area contributed by atoms with Crippen LogP contribution in [-0.4, -0.2) is 62.9 Å². The van der Waals surface area contributed by atoms with Crippen molar-refractivity contribution in [1.29, 1.82) is 0 Å². The van der Waals surface area contributed by atoms with E-state index in [9.17, 15) is 4.79 Å². The summed E-state index contributed by atoms with van der Waals surface area (Å²) >= 11 is 0. The molecule has 0 saturated heterocycles. The van der Waals surface area contributed by atoms with Crippen molar-refractivity contribution in [3.63, 3.8) is 0 Å². The molecule has 1 aliphatic heterocycles. The standard InChI is InChI=1S/C27H23FN10O2/c1-4-22(39)37-7-5-17(9-15(37)2)25-29-11-19-24(35-25)27(33-13-31-19)36-26-23(28)16(3)20(12-30-26)40-18-6-8-38-21(10-18)32-14-34-38/h4-6,8,10-15H,1,7,9H2,2-3H3,(H,30,31,33,36)/t15-/m1/s1. The summed E-state index contributed by atoms with van der Waals surface area (Å²) in [5.41, 5.74) is 2.64. The maximum absolute atomic E-state index is 15.4. The maximum atomic E-state index is 15.4. The minimum Gasteiger partial charge on any atom is -0.455 e. The van der Waals surface area contributed by atoms with Gasteiger partial charge in [0.15, 0.2) is 34.7 Å². The fourth-order valence-electron chi connectivity index (χ4n) is 4.46. The number of fused-ring (bicyclic) bond motifs is 2. The summed E-state index contributed by atoms with van der Waals surface area (Å²) in [4.78, 5) is 39.9. The molecule has 0 spiro atoms. The molecule has 200 valence electrons. The Kier molecular flexibility index (Phi) is 6.30. The second-order valence-electron chi connectivity index (χ2n) is 9.19. The zero-order valence-corrected chi connectivity index (χ0v) is 21.6. The van der Waals surface area contributed by atoms with Gasteiger partial charge in [-0.1, -0.05) is 12.7 Å². The van der Waals surface area contributed by atoms with Crippen LogP contribution in [0.15, 0.2) is 62.1 Å². The Morgan fingerprint density at radius 3 is 2.88 bits per heavy atom. The van der Waals surface area contributed by atoms with Crippen LogP contribution in [0.1, 0.15) is 24.7 Å². The molecule has 0 fully saturated rings. The number of carbonyl (C=O) groups is 1. The Labute approximate surface area is 227 Å². The van der Waals surface area contributed by atoms with E-state index in [1.807, 2.05) is 13.0 Å². The van der Waals surface area contributed by atoms with E-state index >= 15 is 4.39 Å². The van der Waals surface area contributed by atoms with E-state index < -0.39 is 5.82 Å². The van der Waals surface area contributed by atoms with Gasteiger partial charge >= 0.3 is 0 Å². The summed E-state index contributed by atoms with van der Waals surface area (Å²) in [5.74, 6) is 0.727. The van der Waals surface area contributed by atoms with Crippen LogP contribution < -0.4 is 10.1 Å². The largest absolute Gasteiger partial charge is 0.455 e. The molecule has 5 aromatic heterocycles. The lowest BCUT2D eigenvalue weighted by atomic mass is 10.0. The van der Waals surface area contributed by atoms with Gasteiger partial charge < -0.3 is 15.0 Å². The average molecular weight is 539 g/mol. The van der Waals surface area contributed by atoms with Gasteiger partial charge in [-0.05, 0) is 38.0 Å². The highest BCUT2D eigenvalue weighted by Crippen LogP contribution is 2.31. The molecule has 0 saturated carbocycles. The van der Waals surface area contributed by atoms with Crippen molar-refractivity contribution in [1.82, 2.24) is 44.4 Å². The smallest absolute Gasteiger partial charge is 0.246 e. The number of aromatic nitrogens is 8. The third-order valence-electron chi connectivity index (χ3n) is 6.64. The topological polar surface area (TPSA) is 136 Å². The first-order valence-corrected chi connectivity index (χ1v) is 12.4. The van der Waals surface area contributed by atoms with E-state index in [-0.39, 0.29) is 34.9 Å². The molecule has 0 aromatic carbocycles. The summed E-state index contributed by atoms with van der Waals surface area (Å²) < 4.78 is 22.9. The van der Waals surface area contributed by atoms with Crippen LogP contribution in [-0.2, 0) is 4.79 Å². The Morgan fingerprint density at radius 2 is 2.05 bits per heavy atom. The van der Waals surface area contributed by atoms with Crippen molar-refractivity contribution in [3.8, 4) is 11.5 Å². The maximum Gasteiger partial charge on any atom is 0.246 e. The number of nitrogens with zero attached hydrogens (tertiary/aromatic N) is 9. The molecule has 0 aliphatic carbocycles. The first-order chi connectivity index (χ1) is 19.4. The number of ether oxygens (including phenoxy) is 1. The van der Waals surface area contributed by atoms with Crippen molar-refractivity contribution >= 4 is 39.8 Å². The van der Waals surface area contributed by atoms with Crippen molar-refractivity contribution in [2.24, 2.45) is 0 Å².